The van der Waals surface area contributed by atoms with Crippen LogP contribution in [0.4, 0.5) is 5.00 Å². The van der Waals surface area contributed by atoms with Gasteiger partial charge in [0.15, 0.2) is 0 Å². The van der Waals surface area contributed by atoms with Crippen LogP contribution in [-0.4, -0.2) is 31.1 Å². The van der Waals surface area contributed by atoms with Gasteiger partial charge in [-0.05, 0) is 30.9 Å². The van der Waals surface area contributed by atoms with E-state index in [-0.39, 0.29) is 34.6 Å². The van der Waals surface area contributed by atoms with Crippen LogP contribution in [-0.2, 0) is 9.47 Å². The third-order valence-corrected chi connectivity index (χ3v) is 5.17. The highest BCUT2D eigenvalue weighted by Gasteiger charge is 2.27. The van der Waals surface area contributed by atoms with Gasteiger partial charge in [0.05, 0.1) is 17.0 Å². The lowest BCUT2D eigenvalue weighted by molar-refractivity contribution is 0.0527. The van der Waals surface area contributed by atoms with Crippen molar-refractivity contribution in [1.82, 2.24) is 0 Å². The maximum atomic E-state index is 12.3. The van der Waals surface area contributed by atoms with Crippen LogP contribution in [0, 0.1) is 6.92 Å². The number of ether oxygens (including phenoxy) is 2. The van der Waals surface area contributed by atoms with Gasteiger partial charge < -0.3 is 14.8 Å². The molecule has 1 N–H and O–H groups in total. The highest BCUT2D eigenvalue weighted by atomic mass is 32.1. The zero-order valence-electron chi connectivity index (χ0n) is 13.8. The second-order valence-electron chi connectivity index (χ2n) is 4.80. The van der Waals surface area contributed by atoms with Crippen molar-refractivity contribution in [2.24, 2.45) is 0 Å². The molecule has 2 heterocycles. The van der Waals surface area contributed by atoms with Crippen molar-refractivity contribution in [3.8, 4) is 0 Å². The largest absolute Gasteiger partial charge is 0.462 e. The number of hydrogen-bond donors (Lipinski definition) is 1. The third-order valence-electron chi connectivity index (χ3n) is 3.12. The Morgan fingerprint density at radius 3 is 2.64 bits per heavy atom. The number of hydrogen-bond acceptors (Lipinski definition) is 7. The zero-order chi connectivity index (χ0) is 18.4. The summed E-state index contributed by atoms with van der Waals surface area (Å²) in [6.45, 7) is 7.03. The molecule has 8 heteroatoms. The van der Waals surface area contributed by atoms with E-state index >= 15 is 0 Å². The van der Waals surface area contributed by atoms with Crippen LogP contribution in [0.25, 0.3) is 0 Å². The lowest BCUT2D eigenvalue weighted by atomic mass is 10.1. The van der Waals surface area contributed by atoms with Gasteiger partial charge in [-0.15, -0.1) is 22.7 Å². The van der Waals surface area contributed by atoms with Crippen molar-refractivity contribution in [3.63, 3.8) is 0 Å². The summed E-state index contributed by atoms with van der Waals surface area (Å²) in [4.78, 5) is 37.5. The van der Waals surface area contributed by atoms with Gasteiger partial charge >= 0.3 is 11.9 Å². The first kappa shape index (κ1) is 18.9. The maximum absolute atomic E-state index is 12.3. The van der Waals surface area contributed by atoms with Crippen LogP contribution >= 0.6 is 22.7 Å². The van der Waals surface area contributed by atoms with Gasteiger partial charge in [-0.25, -0.2) is 9.59 Å². The molecule has 0 saturated carbocycles. The Balaban J connectivity index is 2.38. The Morgan fingerprint density at radius 2 is 2.04 bits per heavy atom. The topological polar surface area (TPSA) is 81.7 Å². The number of esters is 2. The lowest BCUT2D eigenvalue weighted by Crippen LogP contribution is -2.14. The number of rotatable bonds is 7. The molecule has 0 spiro atoms. The average Bonchev–Trinajstić information content (AvgIpc) is 3.21. The molecular weight excluding hydrogens is 362 g/mol. The van der Waals surface area contributed by atoms with Gasteiger partial charge in [-0.2, -0.15) is 0 Å². The molecule has 0 unspecified atom stereocenters. The number of anilines is 1. The SMILES string of the molecule is C=CCOC(=O)c1sc(NC(=O)c2cccs2)c(C(=O)OCC)c1C. The second kappa shape index (κ2) is 8.59. The standard InChI is InChI=1S/C17H17NO5S2/c1-4-8-23-17(21)13-10(3)12(16(20)22-5-2)15(25-13)18-14(19)11-7-6-9-24-11/h4,6-7,9H,1,5,8H2,2-3H3,(H,18,19). The van der Waals surface area contributed by atoms with Crippen molar-refractivity contribution in [2.45, 2.75) is 13.8 Å². The van der Waals surface area contributed by atoms with E-state index in [9.17, 15) is 14.4 Å². The Morgan fingerprint density at radius 1 is 1.28 bits per heavy atom. The van der Waals surface area contributed by atoms with E-state index in [0.29, 0.717) is 10.4 Å². The van der Waals surface area contributed by atoms with E-state index in [2.05, 4.69) is 11.9 Å². The number of amides is 1. The molecule has 2 aromatic rings. The Labute approximate surface area is 153 Å². The fraction of sp³-hybridized carbons (Fsp3) is 0.235. The molecule has 0 radical (unpaired) electrons. The summed E-state index contributed by atoms with van der Waals surface area (Å²) < 4.78 is 10.1. The normalized spacial score (nSPS) is 10.2. The summed E-state index contributed by atoms with van der Waals surface area (Å²) in [5, 5.41) is 4.73. The van der Waals surface area contributed by atoms with E-state index in [1.54, 1.807) is 31.4 Å². The van der Waals surface area contributed by atoms with E-state index in [0.717, 1.165) is 11.3 Å². The quantitative estimate of drug-likeness (QED) is 0.583. The maximum Gasteiger partial charge on any atom is 0.348 e. The van der Waals surface area contributed by atoms with E-state index in [4.69, 9.17) is 9.47 Å². The van der Waals surface area contributed by atoms with Crippen molar-refractivity contribution >= 4 is 45.5 Å². The molecule has 0 saturated heterocycles. The van der Waals surface area contributed by atoms with Gasteiger partial charge in [0.25, 0.3) is 5.91 Å². The molecule has 25 heavy (non-hydrogen) atoms. The fourth-order valence-electron chi connectivity index (χ4n) is 2.02. The summed E-state index contributed by atoms with van der Waals surface area (Å²) in [5.74, 6) is -1.53. The van der Waals surface area contributed by atoms with Gasteiger partial charge in [-0.1, -0.05) is 18.7 Å². The van der Waals surface area contributed by atoms with Crippen LogP contribution < -0.4 is 5.32 Å². The molecule has 132 valence electrons. The van der Waals surface area contributed by atoms with Gasteiger partial charge in [0, 0.05) is 0 Å². The number of carbonyl (C=O) groups excluding carboxylic acids is 3. The molecular formula is C17H17NO5S2. The van der Waals surface area contributed by atoms with E-state index < -0.39 is 11.9 Å². The highest BCUT2D eigenvalue weighted by molar-refractivity contribution is 7.19. The Hall–Kier alpha value is -2.45. The third kappa shape index (κ3) is 4.34. The summed E-state index contributed by atoms with van der Waals surface area (Å²) >= 11 is 2.26. The predicted molar refractivity (Wildman–Crippen MR) is 97.8 cm³/mol. The van der Waals surface area contributed by atoms with Crippen LogP contribution in [0.1, 0.15) is 42.2 Å². The van der Waals surface area contributed by atoms with Crippen molar-refractivity contribution < 1.29 is 23.9 Å². The van der Waals surface area contributed by atoms with Crippen molar-refractivity contribution in [2.75, 3.05) is 18.5 Å². The minimum Gasteiger partial charge on any atom is -0.462 e. The molecule has 0 aliphatic rings. The van der Waals surface area contributed by atoms with Gasteiger partial charge in [0.1, 0.15) is 16.5 Å². The van der Waals surface area contributed by atoms with Gasteiger partial charge in [-0.3, -0.25) is 4.79 Å². The van der Waals surface area contributed by atoms with Crippen molar-refractivity contribution in [1.29, 1.82) is 0 Å². The predicted octanol–water partition coefficient (Wildman–Crippen LogP) is 3.89. The molecule has 0 fully saturated rings. The van der Waals surface area contributed by atoms with Crippen LogP contribution in [0.2, 0.25) is 0 Å². The van der Waals surface area contributed by atoms with E-state index in [1.807, 2.05) is 0 Å². The molecule has 2 aromatic heterocycles. The number of nitrogens with one attached hydrogen (secondary N) is 1. The van der Waals surface area contributed by atoms with E-state index in [1.165, 1.54) is 17.4 Å². The molecule has 0 aliphatic heterocycles. The Bertz CT molecular complexity index is 792. The Kier molecular flexibility index (Phi) is 6.49. The smallest absolute Gasteiger partial charge is 0.348 e. The summed E-state index contributed by atoms with van der Waals surface area (Å²) in [5.41, 5.74) is 0.585. The minimum atomic E-state index is -0.597. The molecule has 0 bridgehead atoms. The number of thiophene rings is 2. The van der Waals surface area contributed by atoms with Crippen LogP contribution in [0.5, 0.6) is 0 Å². The van der Waals surface area contributed by atoms with Crippen molar-refractivity contribution in [3.05, 3.63) is 51.0 Å². The minimum absolute atomic E-state index is 0.0573. The summed E-state index contributed by atoms with van der Waals surface area (Å²) in [6.07, 6.45) is 1.45. The first-order valence-corrected chi connectivity index (χ1v) is 9.12. The van der Waals surface area contributed by atoms with Crippen LogP contribution in [0.15, 0.2) is 30.2 Å². The molecule has 2 rings (SSSR count). The summed E-state index contributed by atoms with van der Waals surface area (Å²) in [6, 6.07) is 3.42. The second-order valence-corrected chi connectivity index (χ2v) is 6.77. The highest BCUT2D eigenvalue weighted by Crippen LogP contribution is 2.34. The average molecular weight is 379 g/mol. The summed E-state index contributed by atoms with van der Waals surface area (Å²) in [7, 11) is 0. The first-order chi connectivity index (χ1) is 12.0. The molecule has 6 nitrogen and oxygen atoms in total. The molecule has 0 atom stereocenters. The zero-order valence-corrected chi connectivity index (χ0v) is 15.4. The molecule has 1 amide bonds. The molecule has 0 aromatic carbocycles. The first-order valence-electron chi connectivity index (χ1n) is 7.42. The number of carbonyl (C=O) groups is 3. The van der Waals surface area contributed by atoms with Crippen LogP contribution in [0.3, 0.4) is 0 Å². The van der Waals surface area contributed by atoms with Gasteiger partial charge in [0.2, 0.25) is 0 Å². The molecule has 0 aliphatic carbocycles. The lowest BCUT2D eigenvalue weighted by Gasteiger charge is -2.06. The fourth-order valence-corrected chi connectivity index (χ4v) is 3.72. The monoisotopic (exact) mass is 379 g/mol.